The van der Waals surface area contributed by atoms with Crippen LogP contribution in [0.15, 0.2) is 65.7 Å². The molecule has 3 rings (SSSR count). The number of benzene rings is 2. The number of anilines is 1. The number of aromatic nitrogens is 1. The zero-order valence-corrected chi connectivity index (χ0v) is 16.8. The van der Waals surface area contributed by atoms with Crippen LogP contribution in [0.1, 0.15) is 5.56 Å². The van der Waals surface area contributed by atoms with Gasteiger partial charge >= 0.3 is 6.18 Å². The maximum atomic E-state index is 13.0. The molecule has 0 aliphatic heterocycles. The molecule has 156 valence electrons. The van der Waals surface area contributed by atoms with Crippen LogP contribution in [0.5, 0.6) is 0 Å². The van der Waals surface area contributed by atoms with Crippen molar-refractivity contribution in [3.05, 3.63) is 66.2 Å². The number of carbonyl (C=O) groups excluding carboxylic acids is 2. The molecule has 0 unspecified atom stereocenters. The van der Waals surface area contributed by atoms with Gasteiger partial charge in [-0.25, -0.2) is 4.98 Å². The van der Waals surface area contributed by atoms with E-state index in [1.165, 1.54) is 41.9 Å². The number of rotatable bonds is 6. The largest absolute Gasteiger partial charge is 0.418 e. The lowest BCUT2D eigenvalue weighted by atomic mass is 10.1. The highest BCUT2D eigenvalue weighted by atomic mass is 32.2. The van der Waals surface area contributed by atoms with Crippen molar-refractivity contribution in [3.8, 4) is 0 Å². The van der Waals surface area contributed by atoms with E-state index < -0.39 is 17.6 Å². The van der Waals surface area contributed by atoms with E-state index in [0.717, 1.165) is 17.0 Å². The predicted octanol–water partition coefficient (Wildman–Crippen LogP) is 4.44. The molecule has 0 aliphatic rings. The average molecular weight is 433 g/mol. The number of alkyl halides is 3. The summed E-state index contributed by atoms with van der Waals surface area (Å²) >= 11 is 1.23. The number of hydrogen-bond acceptors (Lipinski definition) is 4. The molecule has 0 bridgehead atoms. The van der Waals surface area contributed by atoms with Crippen LogP contribution in [0.2, 0.25) is 0 Å². The molecule has 1 heterocycles. The molecule has 30 heavy (non-hydrogen) atoms. The second-order valence-electron chi connectivity index (χ2n) is 6.47. The summed E-state index contributed by atoms with van der Waals surface area (Å²) in [6.07, 6.45) is -4.59. The minimum absolute atomic E-state index is 0.0499. The Bertz CT molecular complexity index is 1070. The zero-order valence-electron chi connectivity index (χ0n) is 15.9. The highest BCUT2D eigenvalue weighted by molar-refractivity contribution is 7.99. The highest BCUT2D eigenvalue weighted by Gasteiger charge is 2.33. The van der Waals surface area contributed by atoms with Crippen LogP contribution >= 0.6 is 11.8 Å². The van der Waals surface area contributed by atoms with Crippen molar-refractivity contribution in [2.75, 3.05) is 24.7 Å². The van der Waals surface area contributed by atoms with Gasteiger partial charge in [0.05, 0.1) is 34.1 Å². The lowest BCUT2D eigenvalue weighted by molar-refractivity contribution is -0.137. The minimum atomic E-state index is -4.59. The molecule has 0 saturated heterocycles. The first-order valence-corrected chi connectivity index (χ1v) is 9.91. The first kappa shape index (κ1) is 21.6. The lowest BCUT2D eigenvalue weighted by Crippen LogP contribution is -2.36. The second kappa shape index (κ2) is 9.17. The molecule has 1 N–H and O–H groups in total. The van der Waals surface area contributed by atoms with Crippen molar-refractivity contribution in [2.45, 2.75) is 11.2 Å². The smallest absolute Gasteiger partial charge is 0.336 e. The number of nitrogens with one attached hydrogen (secondary N) is 1. The first-order chi connectivity index (χ1) is 14.2. The fraction of sp³-hybridized carbons (Fsp3) is 0.190. The third-order valence-corrected chi connectivity index (χ3v) is 5.14. The summed E-state index contributed by atoms with van der Waals surface area (Å²) in [5, 5.41) is 3.88. The van der Waals surface area contributed by atoms with E-state index in [1.54, 1.807) is 6.07 Å². The average Bonchev–Trinajstić information content (AvgIpc) is 2.71. The predicted molar refractivity (Wildman–Crippen MR) is 110 cm³/mol. The Morgan fingerprint density at radius 2 is 1.73 bits per heavy atom. The molecular formula is C21H18F3N3O2S. The molecule has 0 radical (unpaired) electrons. The van der Waals surface area contributed by atoms with Crippen LogP contribution in [0, 0.1) is 0 Å². The number of nitrogens with zero attached hydrogens (tertiary/aromatic N) is 2. The topological polar surface area (TPSA) is 62.3 Å². The first-order valence-electron chi connectivity index (χ1n) is 8.92. The molecule has 2 aromatic carbocycles. The minimum Gasteiger partial charge on any atom is -0.336 e. The Morgan fingerprint density at radius 1 is 1.03 bits per heavy atom. The van der Waals surface area contributed by atoms with Crippen LogP contribution < -0.4 is 5.32 Å². The van der Waals surface area contributed by atoms with Crippen LogP contribution in [0.4, 0.5) is 18.9 Å². The van der Waals surface area contributed by atoms with Gasteiger partial charge in [0.25, 0.3) is 0 Å². The molecule has 3 aromatic rings. The number of hydrogen-bond donors (Lipinski definition) is 1. The number of halogens is 3. The van der Waals surface area contributed by atoms with Gasteiger partial charge in [0.15, 0.2) is 0 Å². The van der Waals surface area contributed by atoms with Gasteiger partial charge in [-0.15, -0.1) is 0 Å². The molecule has 0 aliphatic carbocycles. The van der Waals surface area contributed by atoms with Crippen LogP contribution in [-0.4, -0.2) is 41.0 Å². The summed E-state index contributed by atoms with van der Waals surface area (Å²) in [5.41, 5.74) is -0.470. The fourth-order valence-electron chi connectivity index (χ4n) is 2.71. The number of pyridine rings is 1. The van der Waals surface area contributed by atoms with E-state index in [-0.39, 0.29) is 23.9 Å². The summed E-state index contributed by atoms with van der Waals surface area (Å²) in [7, 11) is 1.42. The van der Waals surface area contributed by atoms with Gasteiger partial charge in [-0.3, -0.25) is 9.59 Å². The Kier molecular flexibility index (Phi) is 6.61. The number of para-hydroxylation sites is 2. The molecule has 5 nitrogen and oxygen atoms in total. The van der Waals surface area contributed by atoms with Gasteiger partial charge in [0.2, 0.25) is 11.8 Å². The van der Waals surface area contributed by atoms with E-state index in [2.05, 4.69) is 10.3 Å². The third kappa shape index (κ3) is 5.50. The third-order valence-electron chi connectivity index (χ3n) is 4.23. The number of thioether (sulfide) groups is 1. The van der Waals surface area contributed by atoms with E-state index in [9.17, 15) is 22.8 Å². The molecule has 0 saturated carbocycles. The maximum Gasteiger partial charge on any atom is 0.418 e. The summed E-state index contributed by atoms with van der Waals surface area (Å²) in [6.45, 7) is -0.364. The SMILES string of the molecule is CN(CC(=O)Nc1ccccc1C(F)(F)F)C(=O)CSc1ccc2ccccc2n1. The summed E-state index contributed by atoms with van der Waals surface area (Å²) in [6, 6.07) is 16.0. The van der Waals surface area contributed by atoms with Gasteiger partial charge < -0.3 is 10.2 Å². The van der Waals surface area contributed by atoms with E-state index in [1.807, 2.05) is 30.3 Å². The monoisotopic (exact) mass is 433 g/mol. The number of carbonyl (C=O) groups is 2. The molecule has 1 aromatic heterocycles. The van der Waals surface area contributed by atoms with Gasteiger partial charge in [-0.1, -0.05) is 48.2 Å². The van der Waals surface area contributed by atoms with Crippen molar-refractivity contribution in [1.82, 2.24) is 9.88 Å². The van der Waals surface area contributed by atoms with Crippen molar-refractivity contribution in [3.63, 3.8) is 0 Å². The Morgan fingerprint density at radius 3 is 2.50 bits per heavy atom. The number of amides is 2. The van der Waals surface area contributed by atoms with Gasteiger partial charge in [0.1, 0.15) is 0 Å². The highest BCUT2D eigenvalue weighted by Crippen LogP contribution is 2.34. The summed E-state index contributed by atoms with van der Waals surface area (Å²) < 4.78 is 39.1. The molecular weight excluding hydrogens is 415 g/mol. The zero-order chi connectivity index (χ0) is 21.7. The van der Waals surface area contributed by atoms with Crippen LogP contribution in [0.3, 0.4) is 0 Å². The van der Waals surface area contributed by atoms with Gasteiger partial charge in [-0.05, 0) is 24.3 Å². The number of fused-ring (bicyclic) bond motifs is 1. The Hall–Kier alpha value is -3.07. The number of likely N-dealkylation sites (N-methyl/N-ethyl adjacent to an activating group) is 1. The fourth-order valence-corrected chi connectivity index (χ4v) is 3.53. The standard InChI is InChI=1S/C21H18F3N3O2S/c1-27(12-18(28)25-17-9-5-3-7-15(17)21(22,23)24)20(29)13-30-19-11-10-14-6-2-4-8-16(14)26-19/h2-11H,12-13H2,1H3,(H,25,28). The Labute approximate surface area is 175 Å². The van der Waals surface area contributed by atoms with Gasteiger partial charge in [-0.2, -0.15) is 13.2 Å². The van der Waals surface area contributed by atoms with E-state index >= 15 is 0 Å². The maximum absolute atomic E-state index is 13.0. The van der Waals surface area contributed by atoms with Crippen molar-refractivity contribution in [2.24, 2.45) is 0 Å². The molecule has 0 atom stereocenters. The van der Waals surface area contributed by atoms with Crippen molar-refractivity contribution < 1.29 is 22.8 Å². The molecule has 0 spiro atoms. The molecule has 9 heteroatoms. The molecule has 2 amide bonds. The van der Waals surface area contributed by atoms with Crippen molar-refractivity contribution >= 4 is 40.2 Å². The normalized spacial score (nSPS) is 11.3. The summed E-state index contributed by atoms with van der Waals surface area (Å²) in [5.74, 6) is -1.00. The van der Waals surface area contributed by atoms with Crippen LogP contribution in [0.25, 0.3) is 10.9 Å². The van der Waals surface area contributed by atoms with E-state index in [0.29, 0.717) is 5.03 Å². The Balaban J connectivity index is 1.55. The molecule has 0 fully saturated rings. The summed E-state index contributed by atoms with van der Waals surface area (Å²) in [4.78, 5) is 30.1. The van der Waals surface area contributed by atoms with E-state index in [4.69, 9.17) is 0 Å². The lowest BCUT2D eigenvalue weighted by Gasteiger charge is -2.18. The second-order valence-corrected chi connectivity index (χ2v) is 7.47. The quantitative estimate of drug-likeness (QED) is 0.584. The van der Waals surface area contributed by atoms with Gasteiger partial charge in [0, 0.05) is 12.4 Å². The van der Waals surface area contributed by atoms with Crippen LogP contribution in [-0.2, 0) is 15.8 Å². The van der Waals surface area contributed by atoms with Crippen molar-refractivity contribution in [1.29, 1.82) is 0 Å².